The van der Waals surface area contributed by atoms with Crippen LogP contribution >= 0.6 is 0 Å². The van der Waals surface area contributed by atoms with Crippen LogP contribution in [0.15, 0.2) is 18.3 Å². The molecule has 4 heteroatoms. The molecular formula is C20H31N3O. The highest BCUT2D eigenvalue weighted by Gasteiger charge is 2.21. The van der Waals surface area contributed by atoms with Crippen molar-refractivity contribution in [3.05, 3.63) is 35.0 Å². The van der Waals surface area contributed by atoms with Crippen LogP contribution in [0.3, 0.4) is 0 Å². The normalized spacial score (nSPS) is 16.2. The van der Waals surface area contributed by atoms with E-state index in [0.29, 0.717) is 12.0 Å². The van der Waals surface area contributed by atoms with Gasteiger partial charge in [0, 0.05) is 43.8 Å². The lowest BCUT2D eigenvalue weighted by atomic mass is 9.99. The van der Waals surface area contributed by atoms with E-state index in [4.69, 9.17) is 10.5 Å². The summed E-state index contributed by atoms with van der Waals surface area (Å²) in [6, 6.07) is 4.79. The fourth-order valence-electron chi connectivity index (χ4n) is 3.63. The van der Waals surface area contributed by atoms with Gasteiger partial charge in [0.05, 0.1) is 12.7 Å². The first-order valence-corrected chi connectivity index (χ1v) is 9.11. The molecule has 1 unspecified atom stereocenters. The smallest absolute Gasteiger partial charge is 0.0597 e. The Morgan fingerprint density at radius 1 is 1.17 bits per heavy atom. The van der Waals surface area contributed by atoms with Crippen LogP contribution in [0, 0.1) is 5.92 Å². The Bertz CT molecular complexity index is 704. The largest absolute Gasteiger partial charge is 0.377 e. The van der Waals surface area contributed by atoms with E-state index < -0.39 is 0 Å². The van der Waals surface area contributed by atoms with E-state index in [9.17, 15) is 0 Å². The Morgan fingerprint density at radius 2 is 1.88 bits per heavy atom. The van der Waals surface area contributed by atoms with E-state index in [2.05, 4.69) is 55.6 Å². The lowest BCUT2D eigenvalue weighted by molar-refractivity contribution is 0.0584. The average Bonchev–Trinajstić information content (AvgIpc) is 3.06. The third kappa shape index (κ3) is 3.66. The zero-order valence-corrected chi connectivity index (χ0v) is 15.5. The molecule has 3 rings (SSSR count). The van der Waals surface area contributed by atoms with E-state index >= 15 is 0 Å². The first kappa shape index (κ1) is 17.5. The van der Waals surface area contributed by atoms with Crippen LogP contribution in [0.1, 0.15) is 37.5 Å². The Hall–Kier alpha value is -1.36. The summed E-state index contributed by atoms with van der Waals surface area (Å²) in [5, 5.41) is 1.40. The van der Waals surface area contributed by atoms with E-state index in [1.54, 1.807) is 0 Å². The molecule has 0 amide bonds. The Kier molecular flexibility index (Phi) is 5.28. The van der Waals surface area contributed by atoms with E-state index in [1.807, 2.05) is 0 Å². The van der Waals surface area contributed by atoms with Crippen LogP contribution in [0.2, 0.25) is 0 Å². The fraction of sp³-hybridized carbons (Fsp3) is 0.600. The van der Waals surface area contributed by atoms with E-state index in [1.165, 1.54) is 27.6 Å². The molecule has 0 spiro atoms. The second-order valence-corrected chi connectivity index (χ2v) is 7.58. The summed E-state index contributed by atoms with van der Waals surface area (Å²) in [5.74, 6) is 0.522. The first-order valence-electron chi connectivity index (χ1n) is 9.11. The molecule has 0 aliphatic carbocycles. The number of aromatic nitrogens is 1. The molecule has 1 aliphatic rings. The average molecular weight is 329 g/mol. The number of rotatable bonds is 7. The molecule has 1 atom stereocenters. The second-order valence-electron chi connectivity index (χ2n) is 7.58. The number of hydrogen-bond donors (Lipinski definition) is 1. The number of aryl methyl sites for hydroxylation is 1. The highest BCUT2D eigenvalue weighted by molar-refractivity contribution is 5.85. The number of nitrogens with two attached hydrogens (primary N) is 1. The van der Waals surface area contributed by atoms with Crippen LogP contribution in [0.4, 0.5) is 0 Å². The van der Waals surface area contributed by atoms with E-state index in [0.717, 1.165) is 39.2 Å². The minimum absolute atomic E-state index is 0.310. The third-order valence-corrected chi connectivity index (χ3v) is 5.01. The van der Waals surface area contributed by atoms with Gasteiger partial charge >= 0.3 is 0 Å². The van der Waals surface area contributed by atoms with Crippen molar-refractivity contribution in [3.63, 3.8) is 0 Å². The number of hydrogen-bond acceptors (Lipinski definition) is 3. The predicted molar refractivity (Wildman–Crippen MR) is 100 cm³/mol. The van der Waals surface area contributed by atoms with Crippen molar-refractivity contribution in [1.82, 2.24) is 9.47 Å². The molecule has 0 fully saturated rings. The zero-order valence-electron chi connectivity index (χ0n) is 15.5. The molecule has 1 aromatic carbocycles. The van der Waals surface area contributed by atoms with Crippen molar-refractivity contribution in [2.24, 2.45) is 18.7 Å². The Morgan fingerprint density at radius 3 is 2.54 bits per heavy atom. The number of benzene rings is 1. The summed E-state index contributed by atoms with van der Waals surface area (Å²) in [7, 11) is 2.15. The topological polar surface area (TPSA) is 43.4 Å². The minimum Gasteiger partial charge on any atom is -0.377 e. The summed E-state index contributed by atoms with van der Waals surface area (Å²) < 4.78 is 7.96. The number of nitrogens with zero attached hydrogens (tertiary/aromatic N) is 2. The Labute approximate surface area is 145 Å². The summed E-state index contributed by atoms with van der Waals surface area (Å²) in [5.41, 5.74) is 11.5. The molecule has 0 saturated heterocycles. The van der Waals surface area contributed by atoms with E-state index in [-0.39, 0.29) is 0 Å². The lowest BCUT2D eigenvalue weighted by Gasteiger charge is -2.15. The molecular weight excluding hydrogens is 298 g/mol. The van der Waals surface area contributed by atoms with Crippen molar-refractivity contribution in [1.29, 1.82) is 0 Å². The molecule has 0 bridgehead atoms. The van der Waals surface area contributed by atoms with Crippen LogP contribution in [-0.2, 0) is 31.3 Å². The number of ether oxygens (including phenoxy) is 1. The number of fused-ring (bicyclic) bond motifs is 2. The van der Waals surface area contributed by atoms with Crippen LogP contribution in [0.25, 0.3) is 10.9 Å². The molecule has 24 heavy (non-hydrogen) atoms. The minimum atomic E-state index is 0.310. The molecule has 2 heterocycles. The van der Waals surface area contributed by atoms with Gasteiger partial charge in [-0.1, -0.05) is 6.92 Å². The molecule has 0 saturated carbocycles. The standard InChI is InChI=1S/C20H31N3O/c1-14(2)24-6-5-23-12-16-8-19-18(7-15(3)10-21)11-22(4)20(19)9-17(16)13-23/h8-9,11,14-15H,5-7,10,12-13,21H2,1-4H3. The van der Waals surface area contributed by atoms with Gasteiger partial charge in [0.2, 0.25) is 0 Å². The van der Waals surface area contributed by atoms with Crippen LogP contribution in [-0.4, -0.2) is 35.3 Å². The second kappa shape index (κ2) is 7.26. The van der Waals surface area contributed by atoms with Gasteiger partial charge in [0.1, 0.15) is 0 Å². The molecule has 1 aliphatic heterocycles. The molecule has 132 valence electrons. The summed E-state index contributed by atoms with van der Waals surface area (Å²) in [4.78, 5) is 2.48. The van der Waals surface area contributed by atoms with Crippen molar-refractivity contribution < 1.29 is 4.74 Å². The first-order chi connectivity index (χ1) is 11.5. The van der Waals surface area contributed by atoms with Gasteiger partial charge in [0.25, 0.3) is 0 Å². The van der Waals surface area contributed by atoms with Crippen molar-refractivity contribution in [2.75, 3.05) is 19.7 Å². The summed E-state index contributed by atoms with van der Waals surface area (Å²) >= 11 is 0. The lowest BCUT2D eigenvalue weighted by Crippen LogP contribution is -2.23. The molecule has 0 radical (unpaired) electrons. The van der Waals surface area contributed by atoms with Gasteiger partial charge in [-0.25, -0.2) is 0 Å². The highest BCUT2D eigenvalue weighted by Crippen LogP contribution is 2.31. The Balaban J connectivity index is 1.78. The highest BCUT2D eigenvalue weighted by atomic mass is 16.5. The van der Waals surface area contributed by atoms with Gasteiger partial charge < -0.3 is 15.0 Å². The fourth-order valence-corrected chi connectivity index (χ4v) is 3.63. The van der Waals surface area contributed by atoms with Gasteiger partial charge in [-0.15, -0.1) is 0 Å². The van der Waals surface area contributed by atoms with Crippen LogP contribution in [0.5, 0.6) is 0 Å². The monoisotopic (exact) mass is 329 g/mol. The quantitative estimate of drug-likeness (QED) is 0.849. The molecule has 4 nitrogen and oxygen atoms in total. The van der Waals surface area contributed by atoms with Gasteiger partial charge in [0.15, 0.2) is 0 Å². The maximum atomic E-state index is 5.82. The van der Waals surface area contributed by atoms with Crippen molar-refractivity contribution >= 4 is 10.9 Å². The molecule has 2 aromatic rings. The van der Waals surface area contributed by atoms with Gasteiger partial charge in [-0.2, -0.15) is 0 Å². The van der Waals surface area contributed by atoms with Crippen molar-refractivity contribution in [2.45, 2.75) is 46.4 Å². The van der Waals surface area contributed by atoms with Crippen LogP contribution < -0.4 is 5.73 Å². The van der Waals surface area contributed by atoms with Gasteiger partial charge in [-0.3, -0.25) is 4.90 Å². The molecule has 2 N–H and O–H groups in total. The zero-order chi connectivity index (χ0) is 17.3. The molecule has 1 aromatic heterocycles. The predicted octanol–water partition coefficient (Wildman–Crippen LogP) is 3.06. The maximum Gasteiger partial charge on any atom is 0.0597 e. The maximum absolute atomic E-state index is 5.82. The third-order valence-electron chi connectivity index (χ3n) is 5.01. The SMILES string of the molecule is CC(CN)Cc1cn(C)c2cc3c(cc12)CN(CCOC(C)C)C3. The summed E-state index contributed by atoms with van der Waals surface area (Å²) in [6.45, 7) is 11.0. The van der Waals surface area contributed by atoms with Crippen molar-refractivity contribution in [3.8, 4) is 0 Å². The summed E-state index contributed by atoms with van der Waals surface area (Å²) in [6.07, 6.45) is 3.64. The van der Waals surface area contributed by atoms with Gasteiger partial charge in [-0.05, 0) is 61.6 Å².